The molecule has 1 atom stereocenters. The quantitative estimate of drug-likeness (QED) is 0.693. The highest BCUT2D eigenvalue weighted by Crippen LogP contribution is 2.13. The molecule has 3 heterocycles. The van der Waals surface area contributed by atoms with E-state index in [0.29, 0.717) is 23.5 Å². The first-order valence-electron chi connectivity index (χ1n) is 8.64. The van der Waals surface area contributed by atoms with Crippen LogP contribution in [-0.4, -0.2) is 40.0 Å². The lowest BCUT2D eigenvalue weighted by Gasteiger charge is -2.23. The molecule has 0 unspecified atom stereocenters. The Morgan fingerprint density at radius 1 is 1.37 bits per heavy atom. The summed E-state index contributed by atoms with van der Waals surface area (Å²) in [5.74, 6) is 0.473. The van der Waals surface area contributed by atoms with E-state index in [4.69, 9.17) is 0 Å². The standard InChI is InChI=1S/C18H23N5O2.2ClH/c1-12-15(6-7-16(24)22-14-5-3-9-20-11-14)18(25)23-17(21-12)13-4-2-8-19-10-13;;/h2,4,8,10,14,20H,3,5-7,9,11H2,1H3,(H,22,24)(H,21,23,25);2*1H/t14-;;/m0../s1. The number of hydrogen-bond acceptors (Lipinski definition) is 5. The van der Waals surface area contributed by atoms with Gasteiger partial charge in [0.05, 0.1) is 0 Å². The van der Waals surface area contributed by atoms with Gasteiger partial charge in [-0.3, -0.25) is 14.6 Å². The normalized spacial score (nSPS) is 16.0. The second-order valence-corrected chi connectivity index (χ2v) is 6.33. The Bertz CT molecular complexity index is 792. The van der Waals surface area contributed by atoms with Crippen LogP contribution >= 0.6 is 24.8 Å². The number of aromatic amines is 1. The third kappa shape index (κ3) is 6.30. The number of piperidine rings is 1. The van der Waals surface area contributed by atoms with E-state index in [1.54, 1.807) is 25.4 Å². The van der Waals surface area contributed by atoms with E-state index >= 15 is 0 Å². The number of aryl methyl sites for hydroxylation is 1. The highest BCUT2D eigenvalue weighted by molar-refractivity contribution is 5.85. The molecule has 2 aromatic rings. The van der Waals surface area contributed by atoms with Gasteiger partial charge in [0.2, 0.25) is 5.91 Å². The van der Waals surface area contributed by atoms with Crippen LogP contribution in [0, 0.1) is 6.92 Å². The molecule has 1 aliphatic rings. The Hall–Kier alpha value is -1.96. The molecule has 0 spiro atoms. The minimum Gasteiger partial charge on any atom is -0.352 e. The Labute approximate surface area is 170 Å². The SMILES string of the molecule is Cc1nc(-c2cccnc2)[nH]c(=O)c1CCC(=O)N[C@H]1CCCNC1.Cl.Cl. The summed E-state index contributed by atoms with van der Waals surface area (Å²) in [5, 5.41) is 6.29. The number of nitrogens with one attached hydrogen (secondary N) is 3. The maximum atomic E-state index is 12.4. The van der Waals surface area contributed by atoms with Crippen LogP contribution in [0.2, 0.25) is 0 Å². The summed E-state index contributed by atoms with van der Waals surface area (Å²) in [6.07, 6.45) is 6.07. The Morgan fingerprint density at radius 3 is 2.81 bits per heavy atom. The molecule has 148 valence electrons. The number of rotatable bonds is 5. The number of carbonyl (C=O) groups is 1. The Balaban J connectivity index is 0.00000182. The molecule has 3 rings (SSSR count). The lowest BCUT2D eigenvalue weighted by atomic mass is 10.1. The van der Waals surface area contributed by atoms with Gasteiger partial charge < -0.3 is 15.6 Å². The van der Waals surface area contributed by atoms with Crippen molar-refractivity contribution in [3.8, 4) is 11.4 Å². The van der Waals surface area contributed by atoms with Gasteiger partial charge in [0.15, 0.2) is 0 Å². The summed E-state index contributed by atoms with van der Waals surface area (Å²) in [6.45, 7) is 3.62. The molecule has 3 N–H and O–H groups in total. The third-order valence-corrected chi connectivity index (χ3v) is 4.42. The minimum absolute atomic E-state index is 0. The Kier molecular flexibility index (Phi) is 9.41. The van der Waals surface area contributed by atoms with Crippen molar-refractivity contribution < 1.29 is 4.79 Å². The molecular formula is C18H25Cl2N5O2. The molecule has 1 saturated heterocycles. The van der Waals surface area contributed by atoms with Gasteiger partial charge in [0, 0.05) is 48.2 Å². The van der Waals surface area contributed by atoms with Crippen LogP contribution in [0.25, 0.3) is 11.4 Å². The van der Waals surface area contributed by atoms with Crippen LogP contribution in [0.3, 0.4) is 0 Å². The molecule has 7 nitrogen and oxygen atoms in total. The molecule has 0 aromatic carbocycles. The van der Waals surface area contributed by atoms with E-state index in [-0.39, 0.29) is 48.7 Å². The summed E-state index contributed by atoms with van der Waals surface area (Å²) in [7, 11) is 0. The van der Waals surface area contributed by atoms with Crippen molar-refractivity contribution in [2.75, 3.05) is 13.1 Å². The highest BCUT2D eigenvalue weighted by Gasteiger charge is 2.16. The fourth-order valence-corrected chi connectivity index (χ4v) is 3.06. The fourth-order valence-electron chi connectivity index (χ4n) is 3.06. The molecule has 1 aliphatic heterocycles. The van der Waals surface area contributed by atoms with Crippen LogP contribution in [0.4, 0.5) is 0 Å². The van der Waals surface area contributed by atoms with Crippen LogP contribution in [0.5, 0.6) is 0 Å². The number of carbonyl (C=O) groups excluding carboxylic acids is 1. The molecule has 0 bridgehead atoms. The lowest BCUT2D eigenvalue weighted by Crippen LogP contribution is -2.45. The molecule has 1 fully saturated rings. The van der Waals surface area contributed by atoms with E-state index < -0.39 is 0 Å². The maximum Gasteiger partial charge on any atom is 0.254 e. The number of pyridine rings is 1. The van der Waals surface area contributed by atoms with Gasteiger partial charge in [0.25, 0.3) is 5.56 Å². The minimum atomic E-state index is -0.196. The molecule has 1 amide bonds. The van der Waals surface area contributed by atoms with Gasteiger partial charge in [-0.1, -0.05) is 0 Å². The van der Waals surface area contributed by atoms with Gasteiger partial charge >= 0.3 is 0 Å². The first kappa shape index (κ1) is 23.1. The maximum absolute atomic E-state index is 12.4. The molecule has 0 saturated carbocycles. The molecule has 0 radical (unpaired) electrons. The number of nitrogens with zero attached hydrogens (tertiary/aromatic N) is 2. The number of aromatic nitrogens is 3. The molecule has 27 heavy (non-hydrogen) atoms. The van der Waals surface area contributed by atoms with Gasteiger partial charge in [-0.25, -0.2) is 4.98 Å². The number of halogens is 2. The Morgan fingerprint density at radius 2 is 2.19 bits per heavy atom. The van der Waals surface area contributed by atoms with E-state index in [2.05, 4.69) is 25.6 Å². The predicted molar refractivity (Wildman–Crippen MR) is 110 cm³/mol. The zero-order valence-corrected chi connectivity index (χ0v) is 16.8. The highest BCUT2D eigenvalue weighted by atomic mass is 35.5. The predicted octanol–water partition coefficient (Wildman–Crippen LogP) is 1.78. The summed E-state index contributed by atoms with van der Waals surface area (Å²) < 4.78 is 0. The largest absolute Gasteiger partial charge is 0.352 e. The second-order valence-electron chi connectivity index (χ2n) is 6.33. The van der Waals surface area contributed by atoms with Gasteiger partial charge in [-0.05, 0) is 44.9 Å². The zero-order valence-electron chi connectivity index (χ0n) is 15.2. The van der Waals surface area contributed by atoms with Crippen molar-refractivity contribution in [1.82, 2.24) is 25.6 Å². The summed E-state index contributed by atoms with van der Waals surface area (Å²) in [4.78, 5) is 35.8. The van der Waals surface area contributed by atoms with E-state index in [0.717, 1.165) is 31.5 Å². The van der Waals surface area contributed by atoms with Crippen molar-refractivity contribution in [2.24, 2.45) is 0 Å². The van der Waals surface area contributed by atoms with Crippen LogP contribution in [0.1, 0.15) is 30.5 Å². The van der Waals surface area contributed by atoms with Gasteiger partial charge in [0.1, 0.15) is 5.82 Å². The molecule has 2 aromatic heterocycles. The van der Waals surface area contributed by atoms with E-state index in [9.17, 15) is 9.59 Å². The molecule has 9 heteroatoms. The number of H-pyrrole nitrogens is 1. The van der Waals surface area contributed by atoms with E-state index in [1.165, 1.54) is 0 Å². The molecular weight excluding hydrogens is 389 g/mol. The smallest absolute Gasteiger partial charge is 0.254 e. The lowest BCUT2D eigenvalue weighted by molar-refractivity contribution is -0.121. The monoisotopic (exact) mass is 413 g/mol. The van der Waals surface area contributed by atoms with Crippen LogP contribution < -0.4 is 16.2 Å². The van der Waals surface area contributed by atoms with Crippen molar-refractivity contribution in [3.05, 3.63) is 46.1 Å². The van der Waals surface area contributed by atoms with Crippen LogP contribution in [-0.2, 0) is 11.2 Å². The van der Waals surface area contributed by atoms with Crippen molar-refractivity contribution in [1.29, 1.82) is 0 Å². The van der Waals surface area contributed by atoms with E-state index in [1.807, 2.05) is 6.07 Å². The average Bonchev–Trinajstić information content (AvgIpc) is 2.62. The summed E-state index contributed by atoms with van der Waals surface area (Å²) in [5.41, 5.74) is 1.77. The first-order chi connectivity index (χ1) is 12.1. The summed E-state index contributed by atoms with van der Waals surface area (Å²) >= 11 is 0. The van der Waals surface area contributed by atoms with Crippen molar-refractivity contribution in [3.63, 3.8) is 0 Å². The van der Waals surface area contributed by atoms with Crippen molar-refractivity contribution in [2.45, 2.75) is 38.6 Å². The molecule has 0 aliphatic carbocycles. The third-order valence-electron chi connectivity index (χ3n) is 4.42. The summed E-state index contributed by atoms with van der Waals surface area (Å²) in [6, 6.07) is 3.82. The second kappa shape index (κ2) is 11.0. The van der Waals surface area contributed by atoms with Crippen LogP contribution in [0.15, 0.2) is 29.3 Å². The zero-order chi connectivity index (χ0) is 17.6. The average molecular weight is 414 g/mol. The van der Waals surface area contributed by atoms with Gasteiger partial charge in [-0.2, -0.15) is 0 Å². The first-order valence-corrected chi connectivity index (χ1v) is 8.64. The van der Waals surface area contributed by atoms with Gasteiger partial charge in [-0.15, -0.1) is 24.8 Å². The van der Waals surface area contributed by atoms with Crippen molar-refractivity contribution >= 4 is 30.7 Å². The topological polar surface area (TPSA) is 99.8 Å². The number of amides is 1. The number of hydrogen-bond donors (Lipinski definition) is 3. The fraction of sp³-hybridized carbons (Fsp3) is 0.444.